The van der Waals surface area contributed by atoms with E-state index in [0.717, 1.165) is 32.0 Å². The first-order valence-electron chi connectivity index (χ1n) is 7.80. The lowest BCUT2D eigenvalue weighted by molar-refractivity contribution is 0.198. The largest absolute Gasteiger partial charge is 0.354 e. The molecule has 0 aromatic carbocycles. The maximum Gasteiger partial charge on any atom is 0.231 e. The second-order valence-electron chi connectivity index (χ2n) is 6.78. The lowest BCUT2D eigenvalue weighted by Gasteiger charge is -2.38. The third kappa shape index (κ3) is 4.43. The molecule has 1 N–H and O–H groups in total. The van der Waals surface area contributed by atoms with Gasteiger partial charge < -0.3 is 10.2 Å². The molecule has 1 aliphatic heterocycles. The van der Waals surface area contributed by atoms with Gasteiger partial charge in [0.2, 0.25) is 17.2 Å². The molecule has 0 aliphatic carbocycles. The van der Waals surface area contributed by atoms with Crippen LogP contribution in [0.3, 0.4) is 0 Å². The van der Waals surface area contributed by atoms with Gasteiger partial charge in [-0.25, -0.2) is 0 Å². The maximum absolute atomic E-state index is 6.02. The third-order valence-electron chi connectivity index (χ3n) is 4.13. The fourth-order valence-corrected chi connectivity index (χ4v) is 2.90. The highest BCUT2D eigenvalue weighted by molar-refractivity contribution is 6.28. The Bertz CT molecular complexity index is 464. The van der Waals surface area contributed by atoms with Crippen molar-refractivity contribution in [2.24, 2.45) is 11.3 Å². The molecule has 0 radical (unpaired) electrons. The van der Waals surface area contributed by atoms with Crippen LogP contribution in [-0.4, -0.2) is 34.6 Å². The van der Waals surface area contributed by atoms with E-state index in [1.807, 2.05) is 0 Å². The van der Waals surface area contributed by atoms with Crippen LogP contribution >= 0.6 is 11.6 Å². The first-order chi connectivity index (χ1) is 9.90. The third-order valence-corrected chi connectivity index (χ3v) is 4.30. The molecule has 118 valence electrons. The molecule has 1 aromatic rings. The first-order valence-corrected chi connectivity index (χ1v) is 8.18. The van der Waals surface area contributed by atoms with Crippen molar-refractivity contribution in [3.8, 4) is 0 Å². The number of nitrogens with one attached hydrogen (secondary N) is 1. The number of hydrogen-bond donors (Lipinski definition) is 1. The Morgan fingerprint density at radius 2 is 1.86 bits per heavy atom. The smallest absolute Gasteiger partial charge is 0.231 e. The van der Waals surface area contributed by atoms with Gasteiger partial charge in [0.1, 0.15) is 0 Å². The van der Waals surface area contributed by atoms with Crippen LogP contribution in [0.15, 0.2) is 0 Å². The zero-order valence-corrected chi connectivity index (χ0v) is 14.2. The van der Waals surface area contributed by atoms with Crippen LogP contribution in [0, 0.1) is 11.3 Å². The number of hydrogen-bond acceptors (Lipinski definition) is 5. The Morgan fingerprint density at radius 3 is 2.43 bits per heavy atom. The molecular weight excluding hydrogens is 286 g/mol. The lowest BCUT2D eigenvalue weighted by atomic mass is 9.75. The first kappa shape index (κ1) is 16.3. The van der Waals surface area contributed by atoms with E-state index >= 15 is 0 Å². The van der Waals surface area contributed by atoms with Crippen molar-refractivity contribution in [1.29, 1.82) is 0 Å². The number of halogens is 1. The van der Waals surface area contributed by atoms with Crippen LogP contribution in [0.25, 0.3) is 0 Å². The van der Waals surface area contributed by atoms with Crippen LogP contribution in [-0.2, 0) is 0 Å². The summed E-state index contributed by atoms with van der Waals surface area (Å²) in [6, 6.07) is 0. The standard InChI is InChI=1S/C15H26ClN5/c1-5-8-17-13-18-12(16)19-14(20-13)21-9-6-11(7-10-21)15(2,3)4/h11H,5-10H2,1-4H3,(H,17,18,19,20). The molecule has 1 saturated heterocycles. The molecule has 0 atom stereocenters. The van der Waals surface area contributed by atoms with Crippen LogP contribution in [0.5, 0.6) is 0 Å². The van der Waals surface area contributed by atoms with Crippen molar-refractivity contribution in [3.63, 3.8) is 0 Å². The second kappa shape index (κ2) is 6.77. The SMILES string of the molecule is CCCNc1nc(Cl)nc(N2CCC(C(C)(C)C)CC2)n1. The van der Waals surface area contributed by atoms with Crippen LogP contribution in [0.1, 0.15) is 47.0 Å². The zero-order valence-electron chi connectivity index (χ0n) is 13.5. The summed E-state index contributed by atoms with van der Waals surface area (Å²) in [7, 11) is 0. The molecule has 1 aliphatic rings. The van der Waals surface area contributed by atoms with Crippen molar-refractivity contribution in [2.45, 2.75) is 47.0 Å². The Hall–Kier alpha value is -1.10. The minimum atomic E-state index is 0.261. The van der Waals surface area contributed by atoms with Gasteiger partial charge in [-0.15, -0.1) is 0 Å². The van der Waals surface area contributed by atoms with Crippen LogP contribution < -0.4 is 10.2 Å². The Balaban J connectivity index is 2.04. The van der Waals surface area contributed by atoms with Gasteiger partial charge in [0.05, 0.1) is 0 Å². The number of nitrogens with zero attached hydrogens (tertiary/aromatic N) is 4. The maximum atomic E-state index is 6.02. The quantitative estimate of drug-likeness (QED) is 0.920. The van der Waals surface area contributed by atoms with E-state index in [0.29, 0.717) is 17.3 Å². The second-order valence-corrected chi connectivity index (χ2v) is 7.12. The van der Waals surface area contributed by atoms with E-state index in [4.69, 9.17) is 11.6 Å². The molecule has 5 nitrogen and oxygen atoms in total. The number of piperidine rings is 1. The van der Waals surface area contributed by atoms with Crippen LogP contribution in [0.4, 0.5) is 11.9 Å². The number of aromatic nitrogens is 3. The Labute approximate surface area is 132 Å². The molecule has 1 aromatic heterocycles. The van der Waals surface area contributed by atoms with Crippen molar-refractivity contribution in [2.75, 3.05) is 29.9 Å². The van der Waals surface area contributed by atoms with Crippen molar-refractivity contribution >= 4 is 23.5 Å². The number of anilines is 2. The Kier molecular flexibility index (Phi) is 5.25. The van der Waals surface area contributed by atoms with Crippen molar-refractivity contribution in [3.05, 3.63) is 5.28 Å². The fourth-order valence-electron chi connectivity index (χ4n) is 2.74. The predicted octanol–water partition coefficient (Wildman–Crippen LogP) is 3.61. The molecule has 1 fully saturated rings. The molecule has 2 heterocycles. The normalized spacial score (nSPS) is 17.1. The fraction of sp³-hybridized carbons (Fsp3) is 0.800. The van der Waals surface area contributed by atoms with E-state index in [1.165, 1.54) is 12.8 Å². The summed E-state index contributed by atoms with van der Waals surface area (Å²) < 4.78 is 0. The zero-order chi connectivity index (χ0) is 15.5. The van der Waals surface area contributed by atoms with Gasteiger partial charge in [0.25, 0.3) is 0 Å². The summed E-state index contributed by atoms with van der Waals surface area (Å²) in [6.45, 7) is 11.9. The predicted molar refractivity (Wildman–Crippen MR) is 88.0 cm³/mol. The molecule has 21 heavy (non-hydrogen) atoms. The lowest BCUT2D eigenvalue weighted by Crippen LogP contribution is -2.39. The molecule has 0 spiro atoms. The summed E-state index contributed by atoms with van der Waals surface area (Å²) in [5, 5.41) is 3.44. The van der Waals surface area contributed by atoms with Gasteiger partial charge >= 0.3 is 0 Å². The average Bonchev–Trinajstić information content (AvgIpc) is 2.44. The van der Waals surface area contributed by atoms with E-state index < -0.39 is 0 Å². The number of rotatable bonds is 4. The van der Waals surface area contributed by atoms with Crippen molar-refractivity contribution < 1.29 is 0 Å². The highest BCUT2D eigenvalue weighted by Gasteiger charge is 2.29. The van der Waals surface area contributed by atoms with E-state index in [2.05, 4.69) is 52.9 Å². The van der Waals surface area contributed by atoms with Gasteiger partial charge in [-0.1, -0.05) is 27.7 Å². The van der Waals surface area contributed by atoms with E-state index in [1.54, 1.807) is 0 Å². The molecule has 0 saturated carbocycles. The summed E-state index contributed by atoms with van der Waals surface area (Å²) in [6.07, 6.45) is 3.37. The summed E-state index contributed by atoms with van der Waals surface area (Å²) in [5.74, 6) is 2.02. The summed E-state index contributed by atoms with van der Waals surface area (Å²) in [4.78, 5) is 15.1. The summed E-state index contributed by atoms with van der Waals surface area (Å²) in [5.41, 5.74) is 0.372. The van der Waals surface area contributed by atoms with Crippen molar-refractivity contribution in [1.82, 2.24) is 15.0 Å². The van der Waals surface area contributed by atoms with E-state index in [-0.39, 0.29) is 5.28 Å². The van der Waals surface area contributed by atoms with E-state index in [9.17, 15) is 0 Å². The topological polar surface area (TPSA) is 53.9 Å². The molecule has 2 rings (SSSR count). The molecular formula is C15H26ClN5. The average molecular weight is 312 g/mol. The minimum absolute atomic E-state index is 0.261. The van der Waals surface area contributed by atoms with Gasteiger partial charge in [-0.2, -0.15) is 15.0 Å². The summed E-state index contributed by atoms with van der Waals surface area (Å²) >= 11 is 6.02. The van der Waals surface area contributed by atoms with Gasteiger partial charge in [-0.05, 0) is 42.2 Å². The van der Waals surface area contributed by atoms with Gasteiger partial charge in [0, 0.05) is 19.6 Å². The Morgan fingerprint density at radius 1 is 1.19 bits per heavy atom. The minimum Gasteiger partial charge on any atom is -0.354 e. The molecule has 0 bridgehead atoms. The highest BCUT2D eigenvalue weighted by Crippen LogP contribution is 2.35. The van der Waals surface area contributed by atoms with Gasteiger partial charge in [-0.3, -0.25) is 0 Å². The molecule has 0 unspecified atom stereocenters. The van der Waals surface area contributed by atoms with Gasteiger partial charge in [0.15, 0.2) is 0 Å². The highest BCUT2D eigenvalue weighted by atomic mass is 35.5. The van der Waals surface area contributed by atoms with Crippen LogP contribution in [0.2, 0.25) is 5.28 Å². The molecule has 6 heteroatoms. The monoisotopic (exact) mass is 311 g/mol. The molecule has 0 amide bonds.